The van der Waals surface area contributed by atoms with Gasteiger partial charge >= 0.3 is 0 Å². The molecule has 162 valence electrons. The first-order valence-electron chi connectivity index (χ1n) is 10.8. The van der Waals surface area contributed by atoms with Gasteiger partial charge in [0.25, 0.3) is 0 Å². The van der Waals surface area contributed by atoms with Crippen molar-refractivity contribution in [2.75, 3.05) is 11.9 Å². The second-order valence-electron chi connectivity index (χ2n) is 7.76. The van der Waals surface area contributed by atoms with E-state index in [1.165, 1.54) is 5.56 Å². The number of rotatable bonds is 7. The van der Waals surface area contributed by atoms with Gasteiger partial charge in [0.15, 0.2) is 5.82 Å². The molecule has 4 aromatic heterocycles. The van der Waals surface area contributed by atoms with Gasteiger partial charge in [-0.1, -0.05) is 30.3 Å². The molecule has 0 saturated heterocycles. The predicted molar refractivity (Wildman–Crippen MR) is 130 cm³/mol. The number of pyridine rings is 3. The predicted octanol–water partition coefficient (Wildman–Crippen LogP) is 4.13. The van der Waals surface area contributed by atoms with Gasteiger partial charge in [-0.15, -0.1) is 0 Å². The van der Waals surface area contributed by atoms with Crippen LogP contribution in [-0.4, -0.2) is 37.5 Å². The molecule has 33 heavy (non-hydrogen) atoms. The van der Waals surface area contributed by atoms with Crippen molar-refractivity contribution in [3.8, 4) is 22.6 Å². The average molecular weight is 434 g/mol. The lowest BCUT2D eigenvalue weighted by molar-refractivity contribution is 0.698. The van der Waals surface area contributed by atoms with Crippen molar-refractivity contribution in [2.24, 2.45) is 5.73 Å². The zero-order valence-electron chi connectivity index (χ0n) is 18.0. The molecule has 5 rings (SSSR count). The van der Waals surface area contributed by atoms with Crippen LogP contribution >= 0.6 is 0 Å². The van der Waals surface area contributed by atoms with Crippen molar-refractivity contribution in [1.29, 1.82) is 0 Å². The lowest BCUT2D eigenvalue weighted by Crippen LogP contribution is -2.31. The summed E-state index contributed by atoms with van der Waals surface area (Å²) in [5.74, 6) is 1.32. The van der Waals surface area contributed by atoms with Crippen molar-refractivity contribution < 1.29 is 0 Å². The Morgan fingerprint density at radius 3 is 2.42 bits per heavy atom. The van der Waals surface area contributed by atoms with Gasteiger partial charge in [-0.05, 0) is 42.3 Å². The quantitative estimate of drug-likeness (QED) is 0.398. The van der Waals surface area contributed by atoms with E-state index in [1.54, 1.807) is 31.0 Å². The van der Waals surface area contributed by atoms with Crippen LogP contribution in [0, 0.1) is 0 Å². The minimum atomic E-state index is -0.0681. The van der Waals surface area contributed by atoms with E-state index in [4.69, 9.17) is 15.7 Å². The summed E-state index contributed by atoms with van der Waals surface area (Å²) in [6, 6.07) is 19.8. The topological polar surface area (TPSA) is 102 Å². The number of hydrogen-bond donors (Lipinski definition) is 2. The van der Waals surface area contributed by atoms with Crippen LogP contribution in [0.15, 0.2) is 91.6 Å². The van der Waals surface area contributed by atoms with E-state index < -0.39 is 0 Å². The lowest BCUT2D eigenvalue weighted by atomic mass is 10.1. The summed E-state index contributed by atoms with van der Waals surface area (Å²) in [6.07, 6.45) is 9.55. The Labute approximate surface area is 191 Å². The fraction of sp³-hybridized carbons (Fsp3) is 0.115. The summed E-state index contributed by atoms with van der Waals surface area (Å²) >= 11 is 0. The summed E-state index contributed by atoms with van der Waals surface area (Å²) in [7, 11) is 0. The zero-order valence-corrected chi connectivity index (χ0v) is 18.0. The molecular weight excluding hydrogens is 410 g/mol. The highest BCUT2D eigenvalue weighted by molar-refractivity contribution is 5.98. The number of anilines is 1. The third kappa shape index (κ3) is 4.68. The molecule has 0 spiro atoms. The van der Waals surface area contributed by atoms with E-state index in [9.17, 15) is 0 Å². The molecule has 0 bridgehead atoms. The van der Waals surface area contributed by atoms with Crippen LogP contribution in [0.25, 0.3) is 33.5 Å². The number of aromatic nitrogens is 5. The van der Waals surface area contributed by atoms with E-state index >= 15 is 0 Å². The first kappa shape index (κ1) is 20.7. The molecule has 1 atom stereocenters. The van der Waals surface area contributed by atoms with E-state index in [1.807, 2.05) is 48.5 Å². The van der Waals surface area contributed by atoms with Crippen molar-refractivity contribution >= 4 is 16.7 Å². The minimum Gasteiger partial charge on any atom is -0.368 e. The van der Waals surface area contributed by atoms with Crippen LogP contribution in [0.3, 0.4) is 0 Å². The molecule has 7 heteroatoms. The molecule has 0 aliphatic carbocycles. The Morgan fingerprint density at radius 1 is 0.788 bits per heavy atom. The molecule has 0 saturated carbocycles. The number of nitrogens with zero attached hydrogens (tertiary/aromatic N) is 5. The van der Waals surface area contributed by atoms with Gasteiger partial charge in [0.1, 0.15) is 11.3 Å². The smallest absolute Gasteiger partial charge is 0.162 e. The maximum atomic E-state index is 6.43. The molecule has 0 radical (unpaired) electrons. The van der Waals surface area contributed by atoms with Gasteiger partial charge in [-0.25, -0.2) is 9.97 Å². The van der Waals surface area contributed by atoms with Crippen LogP contribution in [0.5, 0.6) is 0 Å². The Balaban J connectivity index is 1.54. The Bertz CT molecular complexity index is 1340. The number of fused-ring (bicyclic) bond motifs is 1. The highest BCUT2D eigenvalue weighted by Crippen LogP contribution is 2.30. The van der Waals surface area contributed by atoms with Gasteiger partial charge in [0.2, 0.25) is 0 Å². The maximum absolute atomic E-state index is 6.43. The van der Waals surface area contributed by atoms with Crippen molar-refractivity contribution in [1.82, 2.24) is 24.9 Å². The number of nitrogens with one attached hydrogen (secondary N) is 1. The number of benzene rings is 1. The van der Waals surface area contributed by atoms with Crippen molar-refractivity contribution in [3.63, 3.8) is 0 Å². The molecule has 0 fully saturated rings. The third-order valence-corrected chi connectivity index (χ3v) is 5.36. The molecule has 0 unspecified atom stereocenters. The Morgan fingerprint density at radius 2 is 1.64 bits per heavy atom. The maximum Gasteiger partial charge on any atom is 0.162 e. The first-order chi connectivity index (χ1) is 16.3. The van der Waals surface area contributed by atoms with Crippen molar-refractivity contribution in [2.45, 2.75) is 12.5 Å². The van der Waals surface area contributed by atoms with E-state index in [0.29, 0.717) is 12.4 Å². The summed E-state index contributed by atoms with van der Waals surface area (Å²) < 4.78 is 0. The van der Waals surface area contributed by atoms with E-state index in [-0.39, 0.29) is 6.04 Å². The average Bonchev–Trinajstić information content (AvgIpc) is 2.88. The molecule has 7 nitrogen and oxygen atoms in total. The van der Waals surface area contributed by atoms with Gasteiger partial charge in [-0.2, -0.15) is 0 Å². The normalized spacial score (nSPS) is 11.9. The molecule has 4 heterocycles. The molecule has 0 aliphatic heterocycles. The zero-order chi connectivity index (χ0) is 22.5. The third-order valence-electron chi connectivity index (χ3n) is 5.36. The van der Waals surface area contributed by atoms with Gasteiger partial charge in [0.05, 0.1) is 5.69 Å². The molecule has 3 N–H and O–H groups in total. The van der Waals surface area contributed by atoms with Crippen LogP contribution in [0.2, 0.25) is 0 Å². The molecule has 0 amide bonds. The summed E-state index contributed by atoms with van der Waals surface area (Å²) in [6.45, 7) is 0.571. The Kier molecular flexibility index (Phi) is 5.95. The number of hydrogen-bond acceptors (Lipinski definition) is 7. The summed E-state index contributed by atoms with van der Waals surface area (Å²) in [5, 5.41) is 4.34. The lowest BCUT2D eigenvalue weighted by Gasteiger charge is -2.16. The molecule has 0 aliphatic rings. The summed E-state index contributed by atoms with van der Waals surface area (Å²) in [4.78, 5) is 22.7. The SMILES string of the molecule is N[C@H](CNc1nc(-c2ccncc2)nc2c(-c3cccnc3)nccc12)Cc1ccccc1. The molecular formula is C26H23N7. The summed E-state index contributed by atoms with van der Waals surface area (Å²) in [5.41, 5.74) is 10.9. The van der Waals surface area contributed by atoms with Crippen LogP contribution in [0.4, 0.5) is 5.82 Å². The Hall–Kier alpha value is -4.23. The number of nitrogens with two attached hydrogens (primary N) is 1. The fourth-order valence-corrected chi connectivity index (χ4v) is 3.75. The first-order valence-corrected chi connectivity index (χ1v) is 10.8. The highest BCUT2D eigenvalue weighted by Gasteiger charge is 2.15. The molecule has 5 aromatic rings. The second-order valence-corrected chi connectivity index (χ2v) is 7.76. The standard InChI is InChI=1S/C26H23N7/c27-21(15-18-5-2-1-3-6-18)17-31-26-22-10-14-30-23(20-7-4-11-29-16-20)24(22)32-25(33-26)19-8-12-28-13-9-19/h1-14,16,21H,15,17,27H2,(H,31,32,33)/t21-/m0/s1. The van der Waals surface area contributed by atoms with Crippen LogP contribution < -0.4 is 11.1 Å². The monoisotopic (exact) mass is 433 g/mol. The van der Waals surface area contributed by atoms with Gasteiger partial charge in [0, 0.05) is 60.1 Å². The van der Waals surface area contributed by atoms with Gasteiger partial charge < -0.3 is 11.1 Å². The van der Waals surface area contributed by atoms with Crippen LogP contribution in [0.1, 0.15) is 5.56 Å². The second kappa shape index (κ2) is 9.50. The largest absolute Gasteiger partial charge is 0.368 e. The highest BCUT2D eigenvalue weighted by atomic mass is 15.0. The molecule has 1 aromatic carbocycles. The van der Waals surface area contributed by atoms with E-state index in [2.05, 4.69) is 32.4 Å². The van der Waals surface area contributed by atoms with Crippen molar-refractivity contribution in [3.05, 3.63) is 97.2 Å². The minimum absolute atomic E-state index is 0.0681. The van der Waals surface area contributed by atoms with E-state index in [0.717, 1.165) is 40.0 Å². The van der Waals surface area contributed by atoms with Gasteiger partial charge in [-0.3, -0.25) is 15.0 Å². The fourth-order valence-electron chi connectivity index (χ4n) is 3.75. The van der Waals surface area contributed by atoms with Crippen LogP contribution in [-0.2, 0) is 6.42 Å².